The van der Waals surface area contributed by atoms with Crippen LogP contribution in [0.15, 0.2) is 47.4 Å². The van der Waals surface area contributed by atoms with Gasteiger partial charge in [-0.05, 0) is 50.0 Å². The Labute approximate surface area is 225 Å². The molecule has 2 aromatic rings. The number of nitrogens with zero attached hydrogens (tertiary/aromatic N) is 3. The lowest BCUT2D eigenvalue weighted by molar-refractivity contribution is -0.140. The van der Waals surface area contributed by atoms with Crippen LogP contribution in [0.3, 0.4) is 0 Å². The van der Waals surface area contributed by atoms with Gasteiger partial charge in [-0.25, -0.2) is 0 Å². The molecular weight excluding hydrogens is 478 g/mol. The summed E-state index contributed by atoms with van der Waals surface area (Å²) in [6.07, 6.45) is 10.3. The van der Waals surface area contributed by atoms with Gasteiger partial charge in [0.15, 0.2) is 0 Å². The number of rotatable bonds is 7. The van der Waals surface area contributed by atoms with Crippen molar-refractivity contribution in [3.05, 3.63) is 58.5 Å². The third-order valence-electron chi connectivity index (χ3n) is 8.89. The second-order valence-electron chi connectivity index (χ2n) is 11.8. The molecule has 0 spiro atoms. The Hall–Kier alpha value is -2.93. The normalized spacial score (nSPS) is 20.6. The number of hydrogen-bond acceptors (Lipinski definition) is 4. The molecule has 2 saturated heterocycles. The van der Waals surface area contributed by atoms with E-state index in [1.54, 1.807) is 6.20 Å². The third-order valence-corrected chi connectivity index (χ3v) is 8.89. The van der Waals surface area contributed by atoms with Gasteiger partial charge >= 0.3 is 0 Å². The Balaban J connectivity index is 1.33. The summed E-state index contributed by atoms with van der Waals surface area (Å²) in [4.78, 5) is 43.6. The zero-order chi connectivity index (χ0) is 26.7. The Morgan fingerprint density at radius 3 is 2.29 bits per heavy atom. The van der Waals surface area contributed by atoms with E-state index in [4.69, 9.17) is 0 Å². The predicted octanol–water partition coefficient (Wildman–Crippen LogP) is 4.32. The number of piperidine rings is 2. The van der Waals surface area contributed by atoms with Crippen molar-refractivity contribution in [2.45, 2.75) is 76.9 Å². The number of amides is 2. The predicted molar refractivity (Wildman–Crippen MR) is 148 cm³/mol. The molecule has 3 heterocycles. The summed E-state index contributed by atoms with van der Waals surface area (Å²) >= 11 is 0. The van der Waals surface area contributed by atoms with Crippen LogP contribution in [-0.4, -0.2) is 63.1 Å². The number of aromatic nitrogens is 1. The van der Waals surface area contributed by atoms with Crippen molar-refractivity contribution >= 4 is 11.8 Å². The van der Waals surface area contributed by atoms with E-state index >= 15 is 0 Å². The molecule has 2 amide bonds. The second kappa shape index (κ2) is 11.4. The monoisotopic (exact) mass is 519 g/mol. The molecule has 3 aliphatic rings. The number of benzene rings is 1. The first-order chi connectivity index (χ1) is 18.3. The summed E-state index contributed by atoms with van der Waals surface area (Å²) in [5.41, 5.74) is 0.630. The molecular formula is C31H41N3O4. The lowest BCUT2D eigenvalue weighted by atomic mass is 9.79. The molecule has 1 N–H and O–H groups in total. The molecule has 204 valence electrons. The fourth-order valence-corrected chi connectivity index (χ4v) is 6.25. The van der Waals surface area contributed by atoms with Gasteiger partial charge in [0.25, 0.3) is 11.5 Å². The van der Waals surface area contributed by atoms with E-state index in [1.807, 2.05) is 47.1 Å². The van der Waals surface area contributed by atoms with Crippen molar-refractivity contribution in [2.75, 3.05) is 26.2 Å². The van der Waals surface area contributed by atoms with E-state index in [-0.39, 0.29) is 29.8 Å². The Bertz CT molecular complexity index is 1190. The van der Waals surface area contributed by atoms with Gasteiger partial charge in [-0.1, -0.05) is 56.5 Å². The van der Waals surface area contributed by atoms with Crippen LogP contribution in [0.4, 0.5) is 0 Å². The highest BCUT2D eigenvalue weighted by Gasteiger charge is 2.36. The highest BCUT2D eigenvalue weighted by atomic mass is 16.3. The van der Waals surface area contributed by atoms with E-state index in [0.29, 0.717) is 43.0 Å². The minimum Gasteiger partial charge on any atom is -0.388 e. The van der Waals surface area contributed by atoms with Gasteiger partial charge in [-0.3, -0.25) is 14.4 Å². The fraction of sp³-hybridized carbons (Fsp3) is 0.581. The first kappa shape index (κ1) is 26.7. The number of pyridine rings is 1. The fourth-order valence-electron chi connectivity index (χ4n) is 6.25. The molecule has 1 aromatic heterocycles. The zero-order valence-corrected chi connectivity index (χ0v) is 22.6. The van der Waals surface area contributed by atoms with E-state index in [0.717, 1.165) is 44.3 Å². The van der Waals surface area contributed by atoms with Crippen LogP contribution in [-0.2, 0) is 11.3 Å². The summed E-state index contributed by atoms with van der Waals surface area (Å²) in [6, 6.07) is 11.1. The highest BCUT2D eigenvalue weighted by molar-refractivity contribution is 6.00. The number of carbonyl (C=O) groups excluding carboxylic acids is 2. The van der Waals surface area contributed by atoms with Gasteiger partial charge in [-0.15, -0.1) is 0 Å². The average Bonchev–Trinajstić information content (AvgIpc) is 2.92. The second-order valence-corrected chi connectivity index (χ2v) is 11.8. The van der Waals surface area contributed by atoms with E-state index in [2.05, 4.69) is 0 Å². The molecule has 7 nitrogen and oxygen atoms in total. The van der Waals surface area contributed by atoms with Crippen LogP contribution in [0.2, 0.25) is 0 Å². The molecule has 1 aromatic carbocycles. The van der Waals surface area contributed by atoms with E-state index in [9.17, 15) is 19.5 Å². The molecule has 38 heavy (non-hydrogen) atoms. The Morgan fingerprint density at radius 2 is 1.66 bits per heavy atom. The van der Waals surface area contributed by atoms with Gasteiger partial charge in [-0.2, -0.15) is 0 Å². The quantitative estimate of drug-likeness (QED) is 0.591. The summed E-state index contributed by atoms with van der Waals surface area (Å²) in [7, 11) is 0. The Morgan fingerprint density at radius 1 is 0.974 bits per heavy atom. The number of likely N-dealkylation sites (tertiary alicyclic amines) is 2. The molecule has 0 radical (unpaired) electrons. The summed E-state index contributed by atoms with van der Waals surface area (Å²) in [5, 5.41) is 11.5. The van der Waals surface area contributed by atoms with Crippen LogP contribution < -0.4 is 5.56 Å². The van der Waals surface area contributed by atoms with E-state index < -0.39 is 5.60 Å². The lowest BCUT2D eigenvalue weighted by Crippen LogP contribution is -2.50. The van der Waals surface area contributed by atoms with Crippen LogP contribution in [0, 0.1) is 11.8 Å². The first-order valence-electron chi connectivity index (χ1n) is 14.4. The Kier molecular flexibility index (Phi) is 8.03. The number of carbonyl (C=O) groups is 2. The lowest BCUT2D eigenvalue weighted by Gasteiger charge is -2.40. The van der Waals surface area contributed by atoms with Crippen molar-refractivity contribution in [2.24, 2.45) is 11.8 Å². The topological polar surface area (TPSA) is 82.8 Å². The van der Waals surface area contributed by atoms with Gasteiger partial charge in [0, 0.05) is 49.9 Å². The highest BCUT2D eigenvalue weighted by Crippen LogP contribution is 2.33. The molecule has 0 bridgehead atoms. The number of aliphatic hydroxyl groups is 1. The summed E-state index contributed by atoms with van der Waals surface area (Å²) in [6.45, 7) is 4.55. The van der Waals surface area contributed by atoms with Crippen LogP contribution in [0.1, 0.15) is 75.1 Å². The van der Waals surface area contributed by atoms with Crippen molar-refractivity contribution in [1.82, 2.24) is 14.4 Å². The number of hydrogen-bond donors (Lipinski definition) is 1. The van der Waals surface area contributed by atoms with Crippen LogP contribution in [0.5, 0.6) is 0 Å². The van der Waals surface area contributed by atoms with E-state index in [1.165, 1.54) is 29.9 Å². The molecule has 1 aliphatic carbocycles. The zero-order valence-electron chi connectivity index (χ0n) is 22.6. The van der Waals surface area contributed by atoms with Crippen molar-refractivity contribution in [3.63, 3.8) is 0 Å². The standard InChI is InChI=1S/C31H41N3O4/c1-23(19-24-9-8-10-24)29(36)33-17-13-31(38,14-18-33)22-34-21-27(30(37)32-15-6-3-7-16-32)26(20-28(34)35)25-11-4-2-5-12-25/h2,4-5,11-12,20-21,23-24,38H,3,6-10,13-19,22H2,1H3. The SMILES string of the molecule is CC(CC1CCC1)C(=O)N1CCC(O)(Cn2cc(C(=O)N3CCCCC3)c(-c3ccccc3)cc2=O)CC1. The van der Waals surface area contributed by atoms with Crippen LogP contribution >= 0.6 is 0 Å². The van der Waals surface area contributed by atoms with Gasteiger partial charge in [0.1, 0.15) is 0 Å². The van der Waals surface area contributed by atoms with Gasteiger partial charge in [0.2, 0.25) is 5.91 Å². The van der Waals surface area contributed by atoms with Gasteiger partial charge in [0.05, 0.1) is 17.7 Å². The smallest absolute Gasteiger partial charge is 0.255 e. The third kappa shape index (κ3) is 5.88. The average molecular weight is 520 g/mol. The molecule has 5 rings (SSSR count). The van der Waals surface area contributed by atoms with Crippen LogP contribution in [0.25, 0.3) is 11.1 Å². The maximum Gasteiger partial charge on any atom is 0.255 e. The molecule has 1 atom stereocenters. The van der Waals surface area contributed by atoms with Crippen molar-refractivity contribution in [3.8, 4) is 11.1 Å². The molecule has 1 unspecified atom stereocenters. The van der Waals surface area contributed by atoms with Crippen molar-refractivity contribution in [1.29, 1.82) is 0 Å². The first-order valence-corrected chi connectivity index (χ1v) is 14.4. The molecule has 2 aliphatic heterocycles. The minimum absolute atomic E-state index is 0.0167. The molecule has 3 fully saturated rings. The maximum absolute atomic E-state index is 13.6. The summed E-state index contributed by atoms with van der Waals surface area (Å²) < 4.78 is 1.50. The molecule has 7 heteroatoms. The largest absolute Gasteiger partial charge is 0.388 e. The van der Waals surface area contributed by atoms with Crippen molar-refractivity contribution < 1.29 is 14.7 Å². The van der Waals surface area contributed by atoms with Gasteiger partial charge < -0.3 is 19.5 Å². The minimum atomic E-state index is -1.10. The maximum atomic E-state index is 13.6. The summed E-state index contributed by atoms with van der Waals surface area (Å²) in [5.74, 6) is 0.814. The molecule has 1 saturated carbocycles.